The van der Waals surface area contributed by atoms with Gasteiger partial charge in [-0.05, 0) is 52.6 Å². The average Bonchev–Trinajstić information content (AvgIpc) is 2.95. The van der Waals surface area contributed by atoms with Gasteiger partial charge in [-0.2, -0.15) is 0 Å². The van der Waals surface area contributed by atoms with Gasteiger partial charge in [0.1, 0.15) is 0 Å². The Kier molecular flexibility index (Phi) is 2.86. The predicted molar refractivity (Wildman–Crippen MR) is 86.5 cm³/mol. The molecule has 3 aromatic rings. The van der Waals surface area contributed by atoms with Crippen molar-refractivity contribution in [3.05, 3.63) is 70.6 Å². The Morgan fingerprint density at radius 2 is 1.90 bits per heavy atom. The highest BCUT2D eigenvalue weighted by Crippen LogP contribution is 2.35. The van der Waals surface area contributed by atoms with Gasteiger partial charge in [0, 0.05) is 23.2 Å². The van der Waals surface area contributed by atoms with Crippen molar-refractivity contribution >= 4 is 21.4 Å². The van der Waals surface area contributed by atoms with Crippen LogP contribution in [0.2, 0.25) is 0 Å². The number of benzene rings is 2. The molecule has 0 radical (unpaired) electrons. The summed E-state index contributed by atoms with van der Waals surface area (Å²) in [5.41, 5.74) is 4.34. The lowest BCUT2D eigenvalue weighted by Crippen LogP contribution is -2.31. The quantitative estimate of drug-likeness (QED) is 0.681. The van der Waals surface area contributed by atoms with E-state index in [1.165, 1.54) is 26.8 Å². The molecule has 2 heteroatoms. The zero-order valence-corrected chi connectivity index (χ0v) is 12.3. The smallest absolute Gasteiger partial charge is 0.0342 e. The lowest BCUT2D eigenvalue weighted by Gasteiger charge is -2.31. The van der Waals surface area contributed by atoms with Crippen molar-refractivity contribution in [3.63, 3.8) is 0 Å². The number of fused-ring (bicyclic) bond motifs is 2. The fourth-order valence-electron chi connectivity index (χ4n) is 3.24. The predicted octanol–water partition coefficient (Wildman–Crippen LogP) is 4.70. The maximum Gasteiger partial charge on any atom is 0.0342 e. The highest BCUT2D eigenvalue weighted by Gasteiger charge is 2.25. The SMILES string of the molecule is C[C@@H]1NC[C@@H](c2ccc3sccc3c2)c2ccccc21. The van der Waals surface area contributed by atoms with Crippen LogP contribution in [0.5, 0.6) is 0 Å². The van der Waals surface area contributed by atoms with Crippen molar-refractivity contribution in [3.8, 4) is 0 Å². The molecule has 0 bridgehead atoms. The van der Waals surface area contributed by atoms with Gasteiger partial charge in [-0.25, -0.2) is 0 Å². The first kappa shape index (κ1) is 12.1. The Morgan fingerprint density at radius 3 is 2.80 bits per heavy atom. The van der Waals surface area contributed by atoms with Crippen molar-refractivity contribution in [2.45, 2.75) is 18.9 Å². The van der Waals surface area contributed by atoms with E-state index in [1.54, 1.807) is 0 Å². The second-order valence-corrected chi connectivity index (χ2v) is 6.48. The molecule has 0 amide bonds. The molecule has 0 saturated heterocycles. The number of thiophene rings is 1. The van der Waals surface area contributed by atoms with E-state index in [9.17, 15) is 0 Å². The van der Waals surface area contributed by atoms with Gasteiger partial charge in [0.15, 0.2) is 0 Å². The molecule has 0 aliphatic carbocycles. The van der Waals surface area contributed by atoms with Crippen LogP contribution >= 0.6 is 11.3 Å². The molecule has 20 heavy (non-hydrogen) atoms. The Morgan fingerprint density at radius 1 is 1.05 bits per heavy atom. The van der Waals surface area contributed by atoms with Crippen molar-refractivity contribution in [1.29, 1.82) is 0 Å². The molecule has 0 unspecified atom stereocenters. The summed E-state index contributed by atoms with van der Waals surface area (Å²) >= 11 is 1.81. The Labute approximate surface area is 123 Å². The normalized spacial score (nSPS) is 21.9. The molecule has 1 N–H and O–H groups in total. The van der Waals surface area contributed by atoms with Gasteiger partial charge in [-0.15, -0.1) is 11.3 Å². The van der Waals surface area contributed by atoms with Gasteiger partial charge < -0.3 is 5.32 Å². The second-order valence-electron chi connectivity index (χ2n) is 5.53. The van der Waals surface area contributed by atoms with Crippen LogP contribution in [0.3, 0.4) is 0 Å². The zero-order valence-electron chi connectivity index (χ0n) is 11.5. The molecule has 4 rings (SSSR count). The van der Waals surface area contributed by atoms with E-state index in [0.29, 0.717) is 12.0 Å². The Bertz CT molecular complexity index is 759. The molecule has 2 aromatic carbocycles. The summed E-state index contributed by atoms with van der Waals surface area (Å²) < 4.78 is 1.37. The fraction of sp³-hybridized carbons (Fsp3) is 0.222. The summed E-state index contributed by atoms with van der Waals surface area (Å²) in [4.78, 5) is 0. The van der Waals surface area contributed by atoms with Crippen LogP contribution in [0.25, 0.3) is 10.1 Å². The highest BCUT2D eigenvalue weighted by atomic mass is 32.1. The molecule has 0 spiro atoms. The van der Waals surface area contributed by atoms with Crippen molar-refractivity contribution in [2.75, 3.05) is 6.54 Å². The van der Waals surface area contributed by atoms with Crippen LogP contribution in [0.4, 0.5) is 0 Å². The topological polar surface area (TPSA) is 12.0 Å². The molecular formula is C18H17NS. The van der Waals surface area contributed by atoms with Crippen LogP contribution in [-0.2, 0) is 0 Å². The van der Waals surface area contributed by atoms with E-state index < -0.39 is 0 Å². The number of hydrogen-bond acceptors (Lipinski definition) is 2. The Balaban J connectivity index is 1.84. The average molecular weight is 279 g/mol. The van der Waals surface area contributed by atoms with E-state index in [1.807, 2.05) is 11.3 Å². The molecule has 1 aliphatic heterocycles. The molecule has 2 atom stereocenters. The monoisotopic (exact) mass is 279 g/mol. The minimum absolute atomic E-state index is 0.451. The summed E-state index contributed by atoms with van der Waals surface area (Å²) in [5, 5.41) is 7.17. The van der Waals surface area contributed by atoms with Crippen LogP contribution in [-0.4, -0.2) is 6.54 Å². The summed E-state index contributed by atoms with van der Waals surface area (Å²) in [6, 6.07) is 18.4. The molecule has 0 saturated carbocycles. The van der Waals surface area contributed by atoms with Gasteiger partial charge in [0.2, 0.25) is 0 Å². The maximum atomic E-state index is 3.63. The van der Waals surface area contributed by atoms with Crippen LogP contribution in [0, 0.1) is 0 Å². The third kappa shape index (κ3) is 1.88. The third-order valence-corrected chi connectivity index (χ3v) is 5.24. The van der Waals surface area contributed by atoms with E-state index in [4.69, 9.17) is 0 Å². The summed E-state index contributed by atoms with van der Waals surface area (Å²) in [6.07, 6.45) is 0. The van der Waals surface area contributed by atoms with Crippen molar-refractivity contribution in [1.82, 2.24) is 5.32 Å². The highest BCUT2D eigenvalue weighted by molar-refractivity contribution is 7.17. The third-order valence-electron chi connectivity index (χ3n) is 4.34. The molecule has 2 heterocycles. The minimum Gasteiger partial charge on any atom is -0.309 e. The van der Waals surface area contributed by atoms with Crippen molar-refractivity contribution in [2.24, 2.45) is 0 Å². The lowest BCUT2D eigenvalue weighted by molar-refractivity contribution is 0.508. The van der Waals surface area contributed by atoms with Gasteiger partial charge in [-0.3, -0.25) is 0 Å². The van der Waals surface area contributed by atoms with Crippen LogP contribution < -0.4 is 5.32 Å². The van der Waals surface area contributed by atoms with Crippen LogP contribution in [0.15, 0.2) is 53.9 Å². The molecular weight excluding hydrogens is 262 g/mol. The number of rotatable bonds is 1. The number of nitrogens with one attached hydrogen (secondary N) is 1. The lowest BCUT2D eigenvalue weighted by atomic mass is 9.83. The van der Waals surface area contributed by atoms with E-state index >= 15 is 0 Å². The second kappa shape index (κ2) is 4.72. The molecule has 1 aliphatic rings. The Hall–Kier alpha value is -1.64. The fourth-order valence-corrected chi connectivity index (χ4v) is 4.01. The molecule has 100 valence electrons. The zero-order chi connectivity index (χ0) is 13.5. The molecule has 0 fully saturated rings. The standard InChI is InChI=1S/C18H17NS/c1-12-15-4-2-3-5-16(15)17(11-19-12)13-6-7-18-14(10-13)8-9-20-18/h2-10,12,17,19H,11H2,1H3/t12-,17-/m0/s1. The van der Waals surface area contributed by atoms with E-state index in [0.717, 1.165) is 6.54 Å². The first-order valence-corrected chi connectivity index (χ1v) is 8.00. The van der Waals surface area contributed by atoms with Gasteiger partial charge in [0.25, 0.3) is 0 Å². The first-order chi connectivity index (χ1) is 9.83. The van der Waals surface area contributed by atoms with Gasteiger partial charge in [0.05, 0.1) is 0 Å². The summed E-state index contributed by atoms with van der Waals surface area (Å²) in [5.74, 6) is 0.465. The van der Waals surface area contributed by atoms with Crippen molar-refractivity contribution < 1.29 is 0 Å². The van der Waals surface area contributed by atoms with E-state index in [2.05, 4.69) is 66.2 Å². The number of hydrogen-bond donors (Lipinski definition) is 1. The first-order valence-electron chi connectivity index (χ1n) is 7.12. The van der Waals surface area contributed by atoms with Crippen LogP contribution in [0.1, 0.15) is 35.6 Å². The summed E-state index contributed by atoms with van der Waals surface area (Å²) in [6.45, 7) is 3.27. The summed E-state index contributed by atoms with van der Waals surface area (Å²) in [7, 11) is 0. The minimum atomic E-state index is 0.451. The van der Waals surface area contributed by atoms with E-state index in [-0.39, 0.29) is 0 Å². The molecule has 1 aromatic heterocycles. The largest absolute Gasteiger partial charge is 0.309 e. The van der Waals surface area contributed by atoms with Gasteiger partial charge >= 0.3 is 0 Å². The van der Waals surface area contributed by atoms with Gasteiger partial charge in [-0.1, -0.05) is 30.3 Å². The maximum absolute atomic E-state index is 3.63. The molecule has 1 nitrogen and oxygen atoms in total.